The monoisotopic (exact) mass is 254 g/mol. The molecule has 0 saturated heterocycles. The summed E-state index contributed by atoms with van der Waals surface area (Å²) in [6.45, 7) is 6.59. The van der Waals surface area contributed by atoms with E-state index >= 15 is 0 Å². The molecule has 0 aliphatic rings. The van der Waals surface area contributed by atoms with Gasteiger partial charge in [0.1, 0.15) is 0 Å². The van der Waals surface area contributed by atoms with Crippen molar-refractivity contribution in [2.75, 3.05) is 6.54 Å². The second-order valence-electron chi connectivity index (χ2n) is 4.40. The van der Waals surface area contributed by atoms with E-state index in [9.17, 15) is 4.79 Å². The molecule has 0 aromatic carbocycles. The smallest absolute Gasteiger partial charge is 0.224 e. The minimum Gasteiger partial charge on any atom is -0.348 e. The van der Waals surface area contributed by atoms with Gasteiger partial charge in [-0.1, -0.05) is 13.3 Å². The molecule has 1 aromatic heterocycles. The Bertz CT molecular complexity index is 362. The van der Waals surface area contributed by atoms with Crippen molar-refractivity contribution >= 4 is 17.2 Å². The molecule has 17 heavy (non-hydrogen) atoms. The summed E-state index contributed by atoms with van der Waals surface area (Å²) < 4.78 is 0. The van der Waals surface area contributed by atoms with Crippen LogP contribution in [-0.4, -0.2) is 12.5 Å². The maximum absolute atomic E-state index is 12.0. The Morgan fingerprint density at radius 1 is 1.53 bits per heavy atom. The molecule has 4 heteroatoms. The maximum atomic E-state index is 12.0. The van der Waals surface area contributed by atoms with E-state index < -0.39 is 0 Å². The molecule has 0 aliphatic carbocycles. The van der Waals surface area contributed by atoms with Crippen LogP contribution in [0.25, 0.3) is 0 Å². The van der Waals surface area contributed by atoms with Crippen LogP contribution in [0.3, 0.4) is 0 Å². The number of nitrogens with two attached hydrogens (primary N) is 1. The number of aryl methyl sites for hydroxylation is 1. The Labute approximate surface area is 107 Å². The summed E-state index contributed by atoms with van der Waals surface area (Å²) in [6.07, 6.45) is 1.85. The molecular weight excluding hydrogens is 232 g/mol. The first-order chi connectivity index (χ1) is 8.08. The largest absolute Gasteiger partial charge is 0.348 e. The molecule has 1 aromatic rings. The molecule has 0 saturated carbocycles. The number of hydrogen-bond donors (Lipinski definition) is 2. The Kier molecular flexibility index (Phi) is 5.65. The predicted molar refractivity (Wildman–Crippen MR) is 73.1 cm³/mol. The van der Waals surface area contributed by atoms with Gasteiger partial charge < -0.3 is 11.1 Å². The van der Waals surface area contributed by atoms with Gasteiger partial charge >= 0.3 is 0 Å². The Balaban J connectivity index is 2.55. The van der Waals surface area contributed by atoms with Crippen LogP contribution in [0, 0.1) is 12.8 Å². The van der Waals surface area contributed by atoms with Gasteiger partial charge in [-0.3, -0.25) is 4.79 Å². The average molecular weight is 254 g/mol. The molecule has 1 heterocycles. The SMILES string of the molecule is CCCC(CN)C(=O)NC(C)c1ccc(C)s1. The lowest BCUT2D eigenvalue weighted by Gasteiger charge is -2.18. The fraction of sp³-hybridized carbons (Fsp3) is 0.615. The van der Waals surface area contributed by atoms with E-state index in [0.29, 0.717) is 6.54 Å². The van der Waals surface area contributed by atoms with Gasteiger partial charge in [-0.05, 0) is 32.4 Å². The lowest BCUT2D eigenvalue weighted by atomic mass is 10.0. The van der Waals surface area contributed by atoms with E-state index in [-0.39, 0.29) is 17.9 Å². The van der Waals surface area contributed by atoms with Crippen LogP contribution in [0.4, 0.5) is 0 Å². The molecule has 3 N–H and O–H groups in total. The number of nitrogens with one attached hydrogen (secondary N) is 1. The number of carbonyl (C=O) groups is 1. The number of amides is 1. The third kappa shape index (κ3) is 4.13. The van der Waals surface area contributed by atoms with Gasteiger partial charge in [-0.15, -0.1) is 11.3 Å². The molecule has 0 aliphatic heterocycles. The molecule has 2 atom stereocenters. The highest BCUT2D eigenvalue weighted by molar-refractivity contribution is 7.12. The van der Waals surface area contributed by atoms with Gasteiger partial charge in [-0.2, -0.15) is 0 Å². The standard InChI is InChI=1S/C13H22N2OS/c1-4-5-11(8-14)13(16)15-10(3)12-7-6-9(2)17-12/h6-7,10-11H,4-5,8,14H2,1-3H3,(H,15,16). The maximum Gasteiger partial charge on any atom is 0.224 e. The van der Waals surface area contributed by atoms with E-state index in [1.807, 2.05) is 6.92 Å². The summed E-state index contributed by atoms with van der Waals surface area (Å²) in [5.74, 6) is 0.0245. The molecule has 0 radical (unpaired) electrons. The summed E-state index contributed by atoms with van der Waals surface area (Å²) in [4.78, 5) is 14.4. The van der Waals surface area contributed by atoms with Crippen molar-refractivity contribution in [3.63, 3.8) is 0 Å². The normalized spacial score (nSPS) is 14.4. The van der Waals surface area contributed by atoms with Crippen molar-refractivity contribution in [2.45, 2.75) is 39.7 Å². The summed E-state index contributed by atoms with van der Waals surface area (Å²) in [7, 11) is 0. The minimum atomic E-state index is -0.0523. The molecule has 1 rings (SSSR count). The topological polar surface area (TPSA) is 55.1 Å². The van der Waals surface area contributed by atoms with Crippen molar-refractivity contribution < 1.29 is 4.79 Å². The fourth-order valence-corrected chi connectivity index (χ4v) is 2.67. The first-order valence-electron chi connectivity index (χ1n) is 6.15. The highest BCUT2D eigenvalue weighted by atomic mass is 32.1. The van der Waals surface area contributed by atoms with Crippen LogP contribution in [0.15, 0.2) is 12.1 Å². The quantitative estimate of drug-likeness (QED) is 0.820. The third-order valence-electron chi connectivity index (χ3n) is 2.84. The second-order valence-corrected chi connectivity index (χ2v) is 5.72. The van der Waals surface area contributed by atoms with Crippen molar-refractivity contribution in [1.82, 2.24) is 5.32 Å². The minimum absolute atomic E-state index is 0.0523. The first-order valence-corrected chi connectivity index (χ1v) is 6.96. The third-order valence-corrected chi connectivity index (χ3v) is 4.02. The van der Waals surface area contributed by atoms with Crippen LogP contribution in [0.5, 0.6) is 0 Å². The predicted octanol–water partition coefficient (Wildman–Crippen LogP) is 2.61. The van der Waals surface area contributed by atoms with Gasteiger partial charge in [0.2, 0.25) is 5.91 Å². The summed E-state index contributed by atoms with van der Waals surface area (Å²) in [5, 5.41) is 3.04. The Hall–Kier alpha value is -0.870. The number of rotatable bonds is 6. The van der Waals surface area contributed by atoms with E-state index in [1.165, 1.54) is 9.75 Å². The molecule has 1 amide bonds. The van der Waals surface area contributed by atoms with Gasteiger partial charge in [0.05, 0.1) is 12.0 Å². The number of thiophene rings is 1. The van der Waals surface area contributed by atoms with Crippen molar-refractivity contribution in [2.24, 2.45) is 11.7 Å². The second kappa shape index (κ2) is 6.77. The highest BCUT2D eigenvalue weighted by Crippen LogP contribution is 2.22. The lowest BCUT2D eigenvalue weighted by molar-refractivity contribution is -0.125. The van der Waals surface area contributed by atoms with E-state index in [0.717, 1.165) is 12.8 Å². The molecule has 96 valence electrons. The zero-order valence-corrected chi connectivity index (χ0v) is 11.6. The number of carbonyl (C=O) groups excluding carboxylic acids is 1. The van der Waals surface area contributed by atoms with E-state index in [2.05, 4.69) is 31.3 Å². The van der Waals surface area contributed by atoms with E-state index in [4.69, 9.17) is 5.73 Å². The van der Waals surface area contributed by atoms with Gasteiger partial charge in [0, 0.05) is 16.3 Å². The molecule has 3 nitrogen and oxygen atoms in total. The van der Waals surface area contributed by atoms with Crippen molar-refractivity contribution in [1.29, 1.82) is 0 Å². The highest BCUT2D eigenvalue weighted by Gasteiger charge is 2.18. The van der Waals surface area contributed by atoms with Crippen LogP contribution in [-0.2, 0) is 4.79 Å². The Morgan fingerprint density at radius 3 is 2.71 bits per heavy atom. The fourth-order valence-electron chi connectivity index (χ4n) is 1.79. The summed E-state index contributed by atoms with van der Waals surface area (Å²) in [6, 6.07) is 4.23. The van der Waals surface area contributed by atoms with Crippen molar-refractivity contribution in [3.05, 3.63) is 21.9 Å². The average Bonchev–Trinajstić information content (AvgIpc) is 2.72. The first kappa shape index (κ1) is 14.2. The van der Waals surface area contributed by atoms with E-state index in [1.54, 1.807) is 11.3 Å². The zero-order chi connectivity index (χ0) is 12.8. The van der Waals surface area contributed by atoms with Gasteiger partial charge in [0.25, 0.3) is 0 Å². The molecular formula is C13H22N2OS. The molecule has 0 bridgehead atoms. The van der Waals surface area contributed by atoms with Gasteiger partial charge in [0.15, 0.2) is 0 Å². The van der Waals surface area contributed by atoms with Crippen LogP contribution >= 0.6 is 11.3 Å². The lowest BCUT2D eigenvalue weighted by Crippen LogP contribution is -2.36. The van der Waals surface area contributed by atoms with Gasteiger partial charge in [-0.25, -0.2) is 0 Å². The summed E-state index contributed by atoms with van der Waals surface area (Å²) in [5.41, 5.74) is 5.62. The molecule has 0 spiro atoms. The molecule has 2 unspecified atom stereocenters. The van der Waals surface area contributed by atoms with Crippen LogP contribution < -0.4 is 11.1 Å². The number of hydrogen-bond acceptors (Lipinski definition) is 3. The molecule has 0 fully saturated rings. The van der Waals surface area contributed by atoms with Crippen LogP contribution in [0.1, 0.15) is 42.5 Å². The van der Waals surface area contributed by atoms with Crippen molar-refractivity contribution in [3.8, 4) is 0 Å². The van der Waals surface area contributed by atoms with Crippen LogP contribution in [0.2, 0.25) is 0 Å². The zero-order valence-electron chi connectivity index (χ0n) is 10.8. The summed E-state index contributed by atoms with van der Waals surface area (Å²) >= 11 is 1.72. The Morgan fingerprint density at radius 2 is 2.24 bits per heavy atom.